The van der Waals surface area contributed by atoms with Gasteiger partial charge in [-0.15, -0.1) is 0 Å². The molecule has 12 heavy (non-hydrogen) atoms. The average molecular weight is 183 g/mol. The van der Waals surface area contributed by atoms with Crippen LogP contribution in [0.1, 0.15) is 25.3 Å². The van der Waals surface area contributed by atoms with E-state index in [-0.39, 0.29) is 11.8 Å². The third-order valence-corrected chi connectivity index (χ3v) is 2.49. The lowest BCUT2D eigenvalue weighted by Crippen LogP contribution is -2.27. The van der Waals surface area contributed by atoms with Crippen molar-refractivity contribution >= 4 is 17.2 Å². The monoisotopic (exact) mass is 183 g/mol. The van der Waals surface area contributed by atoms with Crippen molar-refractivity contribution in [3.8, 4) is 0 Å². The second kappa shape index (κ2) is 4.26. The lowest BCUT2D eigenvalue weighted by atomic mass is 10.0. The van der Waals surface area contributed by atoms with Crippen molar-refractivity contribution in [3.63, 3.8) is 0 Å². The predicted octanol–water partition coefficient (Wildman–Crippen LogP) is 1.99. The van der Waals surface area contributed by atoms with E-state index in [1.54, 1.807) is 11.3 Å². The van der Waals surface area contributed by atoms with Gasteiger partial charge in [-0.2, -0.15) is 11.3 Å². The highest BCUT2D eigenvalue weighted by Crippen LogP contribution is 2.17. The number of nitrogens with one attached hydrogen (secondary N) is 1. The van der Waals surface area contributed by atoms with E-state index in [1.807, 2.05) is 30.7 Å². The number of amides is 1. The zero-order valence-corrected chi connectivity index (χ0v) is 8.15. The first-order chi connectivity index (χ1) is 5.75. The Morgan fingerprint density at radius 1 is 1.75 bits per heavy atom. The molecule has 2 nitrogen and oxygen atoms in total. The van der Waals surface area contributed by atoms with Crippen molar-refractivity contribution in [3.05, 3.63) is 22.4 Å². The molecule has 0 fully saturated rings. The molecule has 0 aliphatic heterocycles. The van der Waals surface area contributed by atoms with Crippen LogP contribution in [0, 0.1) is 0 Å². The molecule has 1 atom stereocenters. The number of hydrogen-bond donors (Lipinski definition) is 1. The highest BCUT2D eigenvalue weighted by atomic mass is 32.1. The van der Waals surface area contributed by atoms with Gasteiger partial charge in [0.25, 0.3) is 0 Å². The summed E-state index contributed by atoms with van der Waals surface area (Å²) >= 11 is 1.62. The molecular formula is C9H13NOS. The van der Waals surface area contributed by atoms with Gasteiger partial charge < -0.3 is 5.32 Å². The van der Waals surface area contributed by atoms with Crippen LogP contribution in [0.2, 0.25) is 0 Å². The van der Waals surface area contributed by atoms with Gasteiger partial charge in [0.15, 0.2) is 0 Å². The first kappa shape index (κ1) is 9.26. The number of carbonyl (C=O) groups excluding carboxylic acids is 1. The number of thiophene rings is 1. The van der Waals surface area contributed by atoms with E-state index in [2.05, 4.69) is 5.32 Å². The molecule has 1 N–H and O–H groups in total. The first-order valence-electron chi connectivity index (χ1n) is 4.05. The first-order valence-corrected chi connectivity index (χ1v) is 4.99. The molecule has 0 spiro atoms. The van der Waals surface area contributed by atoms with E-state index < -0.39 is 0 Å². The van der Waals surface area contributed by atoms with E-state index in [9.17, 15) is 4.79 Å². The maximum absolute atomic E-state index is 11.3. The largest absolute Gasteiger partial charge is 0.356 e. The summed E-state index contributed by atoms with van der Waals surface area (Å²) in [5, 5.41) is 6.80. The molecule has 0 saturated carbocycles. The summed E-state index contributed by atoms with van der Waals surface area (Å²) in [5.74, 6) is 0.0899. The summed E-state index contributed by atoms with van der Waals surface area (Å²) in [6.45, 7) is 4.55. The summed E-state index contributed by atoms with van der Waals surface area (Å²) in [6, 6.07) is 1.99. The van der Waals surface area contributed by atoms with E-state index >= 15 is 0 Å². The summed E-state index contributed by atoms with van der Waals surface area (Å²) in [5.41, 5.74) is 1.10. The van der Waals surface area contributed by atoms with Gasteiger partial charge >= 0.3 is 0 Å². The topological polar surface area (TPSA) is 29.1 Å². The van der Waals surface area contributed by atoms with Crippen LogP contribution >= 0.6 is 11.3 Å². The number of hydrogen-bond acceptors (Lipinski definition) is 2. The highest BCUT2D eigenvalue weighted by molar-refractivity contribution is 7.08. The molecule has 0 bridgehead atoms. The Kier molecular flexibility index (Phi) is 3.29. The Morgan fingerprint density at radius 3 is 3.00 bits per heavy atom. The SMILES string of the molecule is CCNC(=O)C(C)c1ccsc1. The quantitative estimate of drug-likeness (QED) is 0.763. The second-order valence-corrected chi connectivity index (χ2v) is 3.45. The van der Waals surface area contributed by atoms with Gasteiger partial charge in [-0.05, 0) is 36.2 Å². The Labute approximate surface area is 76.6 Å². The van der Waals surface area contributed by atoms with Crippen LogP contribution in [0.15, 0.2) is 16.8 Å². The van der Waals surface area contributed by atoms with Crippen LogP contribution in [0.3, 0.4) is 0 Å². The molecule has 1 amide bonds. The Morgan fingerprint density at radius 2 is 2.50 bits per heavy atom. The fraction of sp³-hybridized carbons (Fsp3) is 0.444. The summed E-state index contributed by atoms with van der Waals surface area (Å²) in [4.78, 5) is 11.3. The third kappa shape index (κ3) is 2.08. The maximum Gasteiger partial charge on any atom is 0.227 e. The van der Waals surface area contributed by atoms with Crippen LogP contribution < -0.4 is 5.32 Å². The number of carbonyl (C=O) groups is 1. The Bertz CT molecular complexity index is 243. The minimum atomic E-state index is -0.0174. The number of rotatable bonds is 3. The molecule has 0 saturated heterocycles. The Hall–Kier alpha value is -0.830. The van der Waals surface area contributed by atoms with Crippen LogP contribution in [0.5, 0.6) is 0 Å². The van der Waals surface area contributed by atoms with E-state index in [0.29, 0.717) is 6.54 Å². The zero-order chi connectivity index (χ0) is 8.97. The predicted molar refractivity (Wildman–Crippen MR) is 51.4 cm³/mol. The van der Waals surface area contributed by atoms with Crippen molar-refractivity contribution in [1.82, 2.24) is 5.32 Å². The molecule has 0 radical (unpaired) electrons. The fourth-order valence-electron chi connectivity index (χ4n) is 1.00. The zero-order valence-electron chi connectivity index (χ0n) is 7.33. The maximum atomic E-state index is 11.3. The molecule has 0 aliphatic rings. The lowest BCUT2D eigenvalue weighted by molar-refractivity contribution is -0.122. The van der Waals surface area contributed by atoms with E-state index in [4.69, 9.17) is 0 Å². The van der Waals surface area contributed by atoms with Crippen LogP contribution in [0.25, 0.3) is 0 Å². The van der Waals surface area contributed by atoms with Gasteiger partial charge in [0.1, 0.15) is 0 Å². The van der Waals surface area contributed by atoms with Crippen molar-refractivity contribution in [2.45, 2.75) is 19.8 Å². The minimum Gasteiger partial charge on any atom is -0.356 e. The van der Waals surface area contributed by atoms with Gasteiger partial charge in [0.05, 0.1) is 5.92 Å². The third-order valence-electron chi connectivity index (χ3n) is 1.79. The minimum absolute atomic E-state index is 0.0174. The molecule has 66 valence electrons. The molecule has 1 unspecified atom stereocenters. The normalized spacial score (nSPS) is 12.5. The van der Waals surface area contributed by atoms with E-state index in [1.165, 1.54) is 0 Å². The number of likely N-dealkylation sites (N-methyl/N-ethyl adjacent to an activating group) is 1. The van der Waals surface area contributed by atoms with Gasteiger partial charge in [-0.3, -0.25) is 4.79 Å². The van der Waals surface area contributed by atoms with Crippen LogP contribution in [-0.4, -0.2) is 12.5 Å². The smallest absolute Gasteiger partial charge is 0.227 e. The van der Waals surface area contributed by atoms with Gasteiger partial charge in [0, 0.05) is 6.54 Å². The van der Waals surface area contributed by atoms with Crippen molar-refractivity contribution in [1.29, 1.82) is 0 Å². The molecule has 1 heterocycles. The standard InChI is InChI=1S/C9H13NOS/c1-3-10-9(11)7(2)8-4-5-12-6-8/h4-7H,3H2,1-2H3,(H,10,11). The van der Waals surface area contributed by atoms with E-state index in [0.717, 1.165) is 5.56 Å². The molecule has 0 aromatic carbocycles. The van der Waals surface area contributed by atoms with Crippen molar-refractivity contribution < 1.29 is 4.79 Å². The summed E-state index contributed by atoms with van der Waals surface area (Å²) in [7, 11) is 0. The second-order valence-electron chi connectivity index (χ2n) is 2.67. The van der Waals surface area contributed by atoms with Gasteiger partial charge in [-0.1, -0.05) is 0 Å². The lowest BCUT2D eigenvalue weighted by Gasteiger charge is -2.08. The Balaban J connectivity index is 2.59. The molecule has 3 heteroatoms. The highest BCUT2D eigenvalue weighted by Gasteiger charge is 2.13. The van der Waals surface area contributed by atoms with Crippen LogP contribution in [0.4, 0.5) is 0 Å². The van der Waals surface area contributed by atoms with Crippen molar-refractivity contribution in [2.24, 2.45) is 0 Å². The fourth-order valence-corrected chi connectivity index (χ4v) is 1.75. The summed E-state index contributed by atoms with van der Waals surface area (Å²) in [6.07, 6.45) is 0. The van der Waals surface area contributed by atoms with Gasteiger partial charge in [-0.25, -0.2) is 0 Å². The molecule has 1 aromatic rings. The molecular weight excluding hydrogens is 170 g/mol. The molecule has 1 rings (SSSR count). The molecule has 1 aromatic heterocycles. The van der Waals surface area contributed by atoms with Crippen molar-refractivity contribution in [2.75, 3.05) is 6.54 Å². The average Bonchev–Trinajstić information content (AvgIpc) is 2.55. The summed E-state index contributed by atoms with van der Waals surface area (Å²) < 4.78 is 0. The van der Waals surface area contributed by atoms with Gasteiger partial charge in [0.2, 0.25) is 5.91 Å². The van der Waals surface area contributed by atoms with Crippen LogP contribution in [-0.2, 0) is 4.79 Å². The molecule has 0 aliphatic carbocycles.